The SMILES string of the molecule is CCN1CN([C@H]2C[C@@](O)(C(=O)c3ccccc3C)[C@@H](C(O)C(=O)c3ccccc3C)O2)C(=O)NC1=O. The molecule has 0 aromatic heterocycles. The number of carbonyl (C=O) groups excluding carboxylic acids is 4. The number of aliphatic hydroxyl groups is 2. The molecular formula is C26H29N3O7. The predicted molar refractivity (Wildman–Crippen MR) is 128 cm³/mol. The molecule has 2 aliphatic rings. The van der Waals surface area contributed by atoms with E-state index in [1.165, 1.54) is 4.90 Å². The first-order chi connectivity index (χ1) is 17.1. The van der Waals surface area contributed by atoms with Gasteiger partial charge in [0.15, 0.2) is 17.2 Å². The van der Waals surface area contributed by atoms with Crippen LogP contribution in [0.5, 0.6) is 0 Å². The summed E-state index contributed by atoms with van der Waals surface area (Å²) < 4.78 is 5.93. The highest BCUT2D eigenvalue weighted by atomic mass is 16.6. The van der Waals surface area contributed by atoms with Crippen molar-refractivity contribution in [3.63, 3.8) is 0 Å². The van der Waals surface area contributed by atoms with Gasteiger partial charge in [-0.15, -0.1) is 0 Å². The molecule has 36 heavy (non-hydrogen) atoms. The van der Waals surface area contributed by atoms with Gasteiger partial charge in [-0.25, -0.2) is 9.59 Å². The van der Waals surface area contributed by atoms with Crippen LogP contribution in [-0.4, -0.2) is 80.9 Å². The number of Topliss-reactive ketones (excluding diaryl/α,β-unsaturated/α-hetero) is 2. The second kappa shape index (κ2) is 9.81. The summed E-state index contributed by atoms with van der Waals surface area (Å²) >= 11 is 0. The quantitative estimate of drug-likeness (QED) is 0.500. The average Bonchev–Trinajstić information content (AvgIpc) is 3.21. The predicted octanol–water partition coefficient (Wildman–Crippen LogP) is 2.00. The van der Waals surface area contributed by atoms with Gasteiger partial charge in [-0.2, -0.15) is 0 Å². The van der Waals surface area contributed by atoms with Gasteiger partial charge in [-0.1, -0.05) is 48.5 Å². The fraction of sp³-hybridized carbons (Fsp3) is 0.385. The van der Waals surface area contributed by atoms with Crippen molar-refractivity contribution in [2.45, 2.75) is 51.2 Å². The largest absolute Gasteiger partial charge is 0.382 e. The number of amides is 4. The number of urea groups is 2. The maximum absolute atomic E-state index is 13.7. The summed E-state index contributed by atoms with van der Waals surface area (Å²) in [6, 6.07) is 11.9. The van der Waals surface area contributed by atoms with Crippen molar-refractivity contribution in [3.8, 4) is 0 Å². The number of aliphatic hydroxyl groups excluding tert-OH is 1. The first kappa shape index (κ1) is 25.5. The number of carbonyl (C=O) groups is 4. The molecule has 10 nitrogen and oxygen atoms in total. The van der Waals surface area contributed by atoms with Crippen LogP contribution in [0.2, 0.25) is 0 Å². The van der Waals surface area contributed by atoms with Crippen LogP contribution in [0.3, 0.4) is 0 Å². The number of benzene rings is 2. The standard InChI is InChI=1S/C26H29N3O7/c1-4-28-14-29(25(34)27-24(28)33)19-13-26(35,22(32)18-12-8-6-10-16(18)3)23(36-19)21(31)20(30)17-11-7-5-9-15(17)2/h5-12,19,21,23,31,35H,4,13-14H2,1-3H3,(H,27,33,34)/t19-,21?,23-,26-/m1/s1. The smallest absolute Gasteiger partial charge is 0.328 e. The molecule has 0 radical (unpaired) electrons. The van der Waals surface area contributed by atoms with Gasteiger partial charge in [-0.3, -0.25) is 19.8 Å². The van der Waals surface area contributed by atoms with Crippen molar-refractivity contribution in [3.05, 3.63) is 70.8 Å². The van der Waals surface area contributed by atoms with Gasteiger partial charge in [0.05, 0.1) is 0 Å². The molecule has 4 atom stereocenters. The van der Waals surface area contributed by atoms with E-state index in [1.54, 1.807) is 69.3 Å². The van der Waals surface area contributed by atoms with Crippen LogP contribution in [0.25, 0.3) is 0 Å². The molecule has 2 heterocycles. The van der Waals surface area contributed by atoms with E-state index in [0.717, 1.165) is 4.90 Å². The maximum Gasteiger partial charge on any atom is 0.328 e. The number of rotatable bonds is 7. The molecule has 0 saturated carbocycles. The molecule has 2 saturated heterocycles. The van der Waals surface area contributed by atoms with E-state index in [-0.39, 0.29) is 17.8 Å². The third kappa shape index (κ3) is 4.39. The second-order valence-electron chi connectivity index (χ2n) is 9.11. The number of hydrogen-bond donors (Lipinski definition) is 3. The van der Waals surface area contributed by atoms with Crippen molar-refractivity contribution in [1.29, 1.82) is 0 Å². The second-order valence-corrected chi connectivity index (χ2v) is 9.11. The summed E-state index contributed by atoms with van der Waals surface area (Å²) in [6.45, 7) is 5.30. The van der Waals surface area contributed by atoms with Crippen molar-refractivity contribution in [1.82, 2.24) is 15.1 Å². The number of aryl methyl sites for hydroxylation is 2. The molecule has 2 aromatic carbocycles. The third-order valence-corrected chi connectivity index (χ3v) is 6.82. The van der Waals surface area contributed by atoms with Gasteiger partial charge in [0.25, 0.3) is 0 Å². The van der Waals surface area contributed by atoms with E-state index in [0.29, 0.717) is 17.7 Å². The van der Waals surface area contributed by atoms with Gasteiger partial charge in [0, 0.05) is 24.1 Å². The lowest BCUT2D eigenvalue weighted by atomic mass is 9.81. The molecule has 2 fully saturated rings. The summed E-state index contributed by atoms with van der Waals surface area (Å²) in [5, 5.41) is 25.1. The van der Waals surface area contributed by atoms with Crippen molar-refractivity contribution < 1.29 is 34.1 Å². The maximum atomic E-state index is 13.7. The zero-order valence-corrected chi connectivity index (χ0v) is 20.3. The monoisotopic (exact) mass is 495 g/mol. The van der Waals surface area contributed by atoms with Gasteiger partial charge >= 0.3 is 12.1 Å². The van der Waals surface area contributed by atoms with Crippen LogP contribution in [0, 0.1) is 13.8 Å². The number of ether oxygens (including phenoxy) is 1. The van der Waals surface area contributed by atoms with Crippen LogP contribution in [0.4, 0.5) is 9.59 Å². The minimum Gasteiger partial charge on any atom is -0.382 e. The Balaban J connectivity index is 1.72. The zero-order valence-electron chi connectivity index (χ0n) is 20.3. The highest BCUT2D eigenvalue weighted by molar-refractivity contribution is 6.06. The lowest BCUT2D eigenvalue weighted by Gasteiger charge is -2.37. The van der Waals surface area contributed by atoms with E-state index >= 15 is 0 Å². The Hall–Kier alpha value is -3.60. The van der Waals surface area contributed by atoms with Crippen LogP contribution in [0.1, 0.15) is 45.2 Å². The summed E-state index contributed by atoms with van der Waals surface area (Å²) in [5.74, 6) is -1.45. The molecule has 0 spiro atoms. The summed E-state index contributed by atoms with van der Waals surface area (Å²) in [4.78, 5) is 54.1. The lowest BCUT2D eigenvalue weighted by molar-refractivity contribution is -0.105. The number of nitrogens with one attached hydrogen (secondary N) is 1. The first-order valence-corrected chi connectivity index (χ1v) is 11.7. The van der Waals surface area contributed by atoms with Gasteiger partial charge < -0.3 is 19.8 Å². The summed E-state index contributed by atoms with van der Waals surface area (Å²) in [5.41, 5.74) is -0.694. The highest BCUT2D eigenvalue weighted by Gasteiger charge is 2.59. The fourth-order valence-electron chi connectivity index (χ4n) is 4.68. The van der Waals surface area contributed by atoms with Crippen LogP contribution < -0.4 is 5.32 Å². The van der Waals surface area contributed by atoms with Crippen molar-refractivity contribution >= 4 is 23.6 Å². The van der Waals surface area contributed by atoms with Gasteiger partial charge in [0.1, 0.15) is 25.1 Å². The van der Waals surface area contributed by atoms with E-state index in [1.807, 2.05) is 0 Å². The Bertz CT molecular complexity index is 1220. The molecule has 2 aromatic rings. The molecule has 190 valence electrons. The fourth-order valence-corrected chi connectivity index (χ4v) is 4.68. The first-order valence-electron chi connectivity index (χ1n) is 11.7. The van der Waals surface area contributed by atoms with E-state index in [2.05, 4.69) is 5.32 Å². The Morgan fingerprint density at radius 3 is 2.22 bits per heavy atom. The normalized spacial score (nSPS) is 25.0. The Labute approximate surface area is 208 Å². The number of ketones is 2. The topological polar surface area (TPSA) is 136 Å². The molecule has 0 aliphatic carbocycles. The number of hydrogen-bond acceptors (Lipinski definition) is 7. The third-order valence-electron chi connectivity index (χ3n) is 6.82. The number of nitrogens with zero attached hydrogens (tertiary/aromatic N) is 2. The average molecular weight is 496 g/mol. The van der Waals surface area contributed by atoms with E-state index < -0.39 is 54.1 Å². The Morgan fingerprint density at radius 1 is 1.06 bits per heavy atom. The minimum atomic E-state index is -2.33. The van der Waals surface area contributed by atoms with E-state index in [4.69, 9.17) is 4.74 Å². The lowest BCUT2D eigenvalue weighted by Crippen LogP contribution is -2.61. The molecule has 4 rings (SSSR count). The minimum absolute atomic E-state index is 0.144. The molecule has 0 bridgehead atoms. The van der Waals surface area contributed by atoms with Gasteiger partial charge in [-0.05, 0) is 31.9 Å². The summed E-state index contributed by atoms with van der Waals surface area (Å²) in [7, 11) is 0. The Kier molecular flexibility index (Phi) is 6.94. The van der Waals surface area contributed by atoms with Crippen molar-refractivity contribution in [2.75, 3.05) is 13.2 Å². The molecule has 4 amide bonds. The van der Waals surface area contributed by atoms with Crippen LogP contribution in [0.15, 0.2) is 48.5 Å². The van der Waals surface area contributed by atoms with Crippen molar-refractivity contribution in [2.24, 2.45) is 0 Å². The van der Waals surface area contributed by atoms with Crippen LogP contribution >= 0.6 is 0 Å². The molecule has 2 aliphatic heterocycles. The molecule has 10 heteroatoms. The Morgan fingerprint density at radius 2 is 1.64 bits per heavy atom. The highest BCUT2D eigenvalue weighted by Crippen LogP contribution is 2.39. The molecule has 3 N–H and O–H groups in total. The molecular weight excluding hydrogens is 466 g/mol. The van der Waals surface area contributed by atoms with E-state index in [9.17, 15) is 29.4 Å². The number of imide groups is 1. The zero-order chi connectivity index (χ0) is 26.2. The summed E-state index contributed by atoms with van der Waals surface area (Å²) in [6.07, 6.45) is -5.15. The molecule has 1 unspecified atom stereocenters. The van der Waals surface area contributed by atoms with Gasteiger partial charge in [0.2, 0.25) is 0 Å². The van der Waals surface area contributed by atoms with Crippen LogP contribution in [-0.2, 0) is 4.74 Å².